The lowest BCUT2D eigenvalue weighted by Crippen LogP contribution is -2.34. The van der Waals surface area contributed by atoms with E-state index in [0.717, 1.165) is 11.6 Å². The van der Waals surface area contributed by atoms with Gasteiger partial charge in [-0.15, -0.1) is 5.10 Å². The van der Waals surface area contributed by atoms with E-state index in [4.69, 9.17) is 5.73 Å². The van der Waals surface area contributed by atoms with Crippen molar-refractivity contribution in [2.45, 2.75) is 19.9 Å². The zero-order chi connectivity index (χ0) is 18.4. The number of nitrogens with two attached hydrogens (primary N) is 1. The second kappa shape index (κ2) is 6.00. The van der Waals surface area contributed by atoms with Crippen molar-refractivity contribution in [2.24, 2.45) is 0 Å². The lowest BCUT2D eigenvalue weighted by Gasteiger charge is -2.14. The van der Waals surface area contributed by atoms with Gasteiger partial charge in [0, 0.05) is 17.0 Å². The summed E-state index contributed by atoms with van der Waals surface area (Å²) in [5.74, 6) is 0.280. The molecule has 0 saturated carbocycles. The molecule has 0 atom stereocenters. The second-order valence-corrected chi connectivity index (χ2v) is 5.77. The molecule has 25 heavy (non-hydrogen) atoms. The van der Waals surface area contributed by atoms with Crippen LogP contribution >= 0.6 is 0 Å². The van der Waals surface area contributed by atoms with Crippen molar-refractivity contribution in [1.29, 1.82) is 0 Å². The zero-order valence-corrected chi connectivity index (χ0v) is 13.5. The summed E-state index contributed by atoms with van der Waals surface area (Å²) < 4.78 is 39.1. The van der Waals surface area contributed by atoms with Crippen LogP contribution in [0.5, 0.6) is 0 Å². The number of pyridine rings is 1. The van der Waals surface area contributed by atoms with Gasteiger partial charge in [-0.05, 0) is 35.6 Å². The summed E-state index contributed by atoms with van der Waals surface area (Å²) in [5, 5.41) is 19.0. The molecule has 0 aliphatic carbocycles. The van der Waals surface area contributed by atoms with E-state index in [0.29, 0.717) is 22.2 Å². The van der Waals surface area contributed by atoms with Crippen LogP contribution in [-0.2, 0) is 6.18 Å². The van der Waals surface area contributed by atoms with Crippen LogP contribution in [0.1, 0.15) is 11.4 Å². The highest BCUT2D eigenvalue weighted by molar-refractivity contribution is 6.65. The highest BCUT2D eigenvalue weighted by Gasteiger charge is 2.37. The summed E-state index contributed by atoms with van der Waals surface area (Å²) in [6.45, 7) is 1.74. The molecule has 0 fully saturated rings. The van der Waals surface area contributed by atoms with E-state index >= 15 is 0 Å². The van der Waals surface area contributed by atoms with E-state index in [1.165, 1.54) is 12.9 Å². The average molecular weight is 346 g/mol. The molecule has 0 amide bonds. The van der Waals surface area contributed by atoms with Crippen LogP contribution < -0.4 is 11.2 Å². The Kier molecular flexibility index (Phi) is 4.12. The van der Waals surface area contributed by atoms with Gasteiger partial charge in [0.15, 0.2) is 5.82 Å². The smallest absolute Gasteiger partial charge is 0.432 e. The summed E-state index contributed by atoms with van der Waals surface area (Å²) in [7, 11) is 0. The largest absolute Gasteiger partial charge is 0.446 e. The van der Waals surface area contributed by atoms with Gasteiger partial charge >= 0.3 is 13.1 Å². The highest BCUT2D eigenvalue weighted by atomic mass is 19.4. The fourth-order valence-corrected chi connectivity index (χ4v) is 2.68. The van der Waals surface area contributed by atoms with Gasteiger partial charge in [0.1, 0.15) is 5.69 Å². The van der Waals surface area contributed by atoms with E-state index in [2.05, 4.69) is 15.2 Å². The Labute approximate surface area is 141 Å². The third-order valence-electron chi connectivity index (χ3n) is 3.96. The summed E-state index contributed by atoms with van der Waals surface area (Å²) >= 11 is 0. The van der Waals surface area contributed by atoms with E-state index in [1.54, 1.807) is 25.1 Å². The molecule has 3 rings (SSSR count). The standard InChI is InChI=1S/C16H14BF3N4O/c1-8-12-5-9(3-4-11(12)15(21)24-23-8)10-6-13(17(2)25)14(22-7-10)16(18,19)20/h3-7,25H,1-2H3,(H2,21,24). The van der Waals surface area contributed by atoms with E-state index < -0.39 is 18.8 Å². The fraction of sp³-hybridized carbons (Fsp3) is 0.188. The summed E-state index contributed by atoms with van der Waals surface area (Å²) in [6, 6.07) is 6.53. The number of aromatic nitrogens is 3. The molecule has 2 heterocycles. The number of nitrogens with zero attached hydrogens (tertiary/aromatic N) is 3. The van der Waals surface area contributed by atoms with Crippen molar-refractivity contribution >= 4 is 29.0 Å². The molecular weight excluding hydrogens is 332 g/mol. The normalized spacial score (nSPS) is 11.8. The Balaban J connectivity index is 2.18. The quantitative estimate of drug-likeness (QED) is 0.696. The van der Waals surface area contributed by atoms with E-state index in [1.807, 2.05) is 0 Å². The lowest BCUT2D eigenvalue weighted by atomic mass is 9.63. The number of benzene rings is 1. The summed E-state index contributed by atoms with van der Waals surface area (Å²) in [4.78, 5) is 3.53. The Bertz CT molecular complexity index is 960. The molecule has 128 valence electrons. The lowest BCUT2D eigenvalue weighted by molar-refractivity contribution is -0.140. The molecule has 0 unspecified atom stereocenters. The minimum absolute atomic E-state index is 0.269. The third kappa shape index (κ3) is 3.14. The van der Waals surface area contributed by atoms with Gasteiger partial charge in [-0.2, -0.15) is 18.3 Å². The van der Waals surface area contributed by atoms with Gasteiger partial charge in [0.25, 0.3) is 0 Å². The van der Waals surface area contributed by atoms with Gasteiger partial charge < -0.3 is 10.8 Å². The van der Waals surface area contributed by atoms with Crippen molar-refractivity contribution < 1.29 is 18.2 Å². The highest BCUT2D eigenvalue weighted by Crippen LogP contribution is 2.30. The predicted octanol–water partition coefficient (Wildman–Crippen LogP) is 2.42. The molecule has 0 saturated heterocycles. The van der Waals surface area contributed by atoms with Crippen LogP contribution in [0.4, 0.5) is 19.0 Å². The predicted molar refractivity (Wildman–Crippen MR) is 90.4 cm³/mol. The number of rotatable bonds is 2. The van der Waals surface area contributed by atoms with Gasteiger partial charge in [0.2, 0.25) is 0 Å². The summed E-state index contributed by atoms with van der Waals surface area (Å²) in [5.41, 5.74) is 6.21. The molecule has 3 aromatic rings. The second-order valence-electron chi connectivity index (χ2n) is 5.77. The van der Waals surface area contributed by atoms with Crippen molar-refractivity contribution in [1.82, 2.24) is 15.2 Å². The first-order chi connectivity index (χ1) is 11.7. The monoisotopic (exact) mass is 346 g/mol. The molecule has 0 spiro atoms. The SMILES string of the molecule is CB(O)c1cc(-c2ccc3c(N)nnc(C)c3c2)cnc1C(F)(F)F. The molecule has 0 aliphatic rings. The molecule has 9 heteroatoms. The summed E-state index contributed by atoms with van der Waals surface area (Å²) in [6.07, 6.45) is -3.49. The van der Waals surface area contributed by atoms with Gasteiger partial charge in [0.05, 0.1) is 5.69 Å². The maximum absolute atomic E-state index is 13.0. The molecular formula is C16H14BF3N4O. The van der Waals surface area contributed by atoms with Crippen LogP contribution in [0.2, 0.25) is 6.82 Å². The van der Waals surface area contributed by atoms with Gasteiger partial charge in [-0.25, -0.2) is 0 Å². The zero-order valence-electron chi connectivity index (χ0n) is 13.5. The molecule has 0 aliphatic heterocycles. The topological polar surface area (TPSA) is 84.9 Å². The molecule has 2 aromatic heterocycles. The Morgan fingerprint density at radius 3 is 2.44 bits per heavy atom. The molecule has 3 N–H and O–H groups in total. The average Bonchev–Trinajstić information content (AvgIpc) is 2.56. The van der Waals surface area contributed by atoms with Crippen LogP contribution in [0.15, 0.2) is 30.5 Å². The maximum atomic E-state index is 13.0. The van der Waals surface area contributed by atoms with Crippen LogP contribution in [0, 0.1) is 6.92 Å². The Hall–Kier alpha value is -2.68. The van der Waals surface area contributed by atoms with Gasteiger partial charge in [-0.3, -0.25) is 4.98 Å². The maximum Gasteiger partial charge on any atom is 0.432 e. The minimum Gasteiger partial charge on any atom is -0.446 e. The molecule has 0 bridgehead atoms. The van der Waals surface area contributed by atoms with Crippen molar-refractivity contribution in [3.05, 3.63) is 41.9 Å². The number of halogens is 3. The number of fused-ring (bicyclic) bond motifs is 1. The Morgan fingerprint density at radius 1 is 1.08 bits per heavy atom. The van der Waals surface area contributed by atoms with E-state index in [-0.39, 0.29) is 11.3 Å². The molecule has 5 nitrogen and oxygen atoms in total. The van der Waals surface area contributed by atoms with Crippen molar-refractivity contribution in [3.8, 4) is 11.1 Å². The Morgan fingerprint density at radius 2 is 1.80 bits per heavy atom. The van der Waals surface area contributed by atoms with Crippen LogP contribution in [-0.4, -0.2) is 27.1 Å². The fourth-order valence-electron chi connectivity index (χ4n) is 2.68. The van der Waals surface area contributed by atoms with Crippen LogP contribution in [0.25, 0.3) is 21.9 Å². The number of aryl methyl sites for hydroxylation is 1. The number of hydrogen-bond acceptors (Lipinski definition) is 5. The van der Waals surface area contributed by atoms with E-state index in [9.17, 15) is 18.2 Å². The number of hydrogen-bond donors (Lipinski definition) is 2. The molecule has 0 radical (unpaired) electrons. The first kappa shape index (κ1) is 17.2. The number of nitrogen functional groups attached to an aromatic ring is 1. The number of alkyl halides is 3. The molecule has 1 aromatic carbocycles. The third-order valence-corrected chi connectivity index (χ3v) is 3.96. The van der Waals surface area contributed by atoms with Crippen LogP contribution in [0.3, 0.4) is 0 Å². The first-order valence-electron chi connectivity index (χ1n) is 7.46. The first-order valence-corrected chi connectivity index (χ1v) is 7.46. The number of anilines is 1. The van der Waals surface area contributed by atoms with Crippen molar-refractivity contribution in [2.75, 3.05) is 5.73 Å². The van der Waals surface area contributed by atoms with Gasteiger partial charge in [-0.1, -0.05) is 19.0 Å². The van der Waals surface area contributed by atoms with Crippen molar-refractivity contribution in [3.63, 3.8) is 0 Å². The minimum atomic E-state index is -4.63.